The second-order valence-electron chi connectivity index (χ2n) is 4.13. The van der Waals surface area contributed by atoms with Gasteiger partial charge in [0.05, 0.1) is 4.47 Å². The molecule has 1 aromatic rings. The average Bonchev–Trinajstić information content (AvgIpc) is 2.25. The quantitative estimate of drug-likeness (QED) is 0.822. The molecular weight excluding hydrogens is 289 g/mol. The normalized spacial score (nSPS) is 22.3. The molecule has 1 fully saturated rings. The Morgan fingerprint density at radius 1 is 1.56 bits per heavy atom. The van der Waals surface area contributed by atoms with Crippen molar-refractivity contribution in [1.29, 1.82) is 0 Å². The molecule has 1 nitrogen and oxygen atoms in total. The van der Waals surface area contributed by atoms with E-state index < -0.39 is 0 Å². The van der Waals surface area contributed by atoms with Crippen molar-refractivity contribution in [3.05, 3.63) is 34.1 Å². The van der Waals surface area contributed by atoms with Crippen LogP contribution in [0.3, 0.4) is 0 Å². The number of rotatable bonds is 2. The molecule has 0 radical (unpaired) electrons. The van der Waals surface area contributed by atoms with E-state index in [0.717, 1.165) is 25.2 Å². The van der Waals surface area contributed by atoms with Crippen LogP contribution in [0.25, 0.3) is 0 Å². The third-order valence-corrected chi connectivity index (χ3v) is 4.78. The second kappa shape index (κ2) is 5.52. The van der Waals surface area contributed by atoms with Crippen molar-refractivity contribution >= 4 is 27.7 Å². The molecule has 0 saturated carbocycles. The van der Waals surface area contributed by atoms with Crippen molar-refractivity contribution in [3.8, 4) is 0 Å². The highest BCUT2D eigenvalue weighted by atomic mass is 79.9. The van der Waals surface area contributed by atoms with E-state index in [9.17, 15) is 4.39 Å². The van der Waals surface area contributed by atoms with Crippen LogP contribution in [-0.2, 0) is 6.54 Å². The highest BCUT2D eigenvalue weighted by molar-refractivity contribution is 9.10. The molecule has 2 rings (SSSR count). The van der Waals surface area contributed by atoms with Gasteiger partial charge in [0.2, 0.25) is 0 Å². The molecule has 4 heteroatoms. The van der Waals surface area contributed by atoms with E-state index >= 15 is 0 Å². The molecule has 1 aliphatic heterocycles. The minimum atomic E-state index is -0.170. The van der Waals surface area contributed by atoms with Gasteiger partial charge in [0.15, 0.2) is 0 Å². The van der Waals surface area contributed by atoms with Gasteiger partial charge in [-0.2, -0.15) is 11.8 Å². The molecule has 0 bridgehead atoms. The summed E-state index contributed by atoms with van der Waals surface area (Å²) in [7, 11) is 0. The van der Waals surface area contributed by atoms with E-state index in [-0.39, 0.29) is 5.82 Å². The van der Waals surface area contributed by atoms with Crippen LogP contribution in [0.4, 0.5) is 4.39 Å². The van der Waals surface area contributed by atoms with Crippen LogP contribution in [0.5, 0.6) is 0 Å². The van der Waals surface area contributed by atoms with E-state index in [1.54, 1.807) is 6.07 Å². The number of thioether (sulfide) groups is 1. The van der Waals surface area contributed by atoms with E-state index in [1.807, 2.05) is 17.8 Å². The Labute approximate surface area is 109 Å². The minimum absolute atomic E-state index is 0.170. The third kappa shape index (κ3) is 2.99. The SMILES string of the molecule is CC1CN(Cc2cccc(F)c2Br)CCS1. The lowest BCUT2D eigenvalue weighted by atomic mass is 10.2. The van der Waals surface area contributed by atoms with Gasteiger partial charge in [-0.25, -0.2) is 4.39 Å². The van der Waals surface area contributed by atoms with Gasteiger partial charge in [0.25, 0.3) is 0 Å². The smallest absolute Gasteiger partial charge is 0.137 e. The van der Waals surface area contributed by atoms with E-state index in [4.69, 9.17) is 0 Å². The maximum atomic E-state index is 13.3. The summed E-state index contributed by atoms with van der Waals surface area (Å²) in [4.78, 5) is 2.39. The predicted molar refractivity (Wildman–Crippen MR) is 71.3 cm³/mol. The fraction of sp³-hybridized carbons (Fsp3) is 0.500. The predicted octanol–water partition coefficient (Wildman–Crippen LogP) is 3.53. The first-order valence-electron chi connectivity index (χ1n) is 5.43. The third-order valence-electron chi connectivity index (χ3n) is 2.75. The molecule has 0 amide bonds. The lowest BCUT2D eigenvalue weighted by Gasteiger charge is -2.30. The minimum Gasteiger partial charge on any atom is -0.297 e. The molecule has 16 heavy (non-hydrogen) atoms. The Hall–Kier alpha value is -0.0600. The first kappa shape index (κ1) is 12.4. The molecule has 1 heterocycles. The highest BCUT2D eigenvalue weighted by Crippen LogP contribution is 2.24. The molecule has 1 atom stereocenters. The summed E-state index contributed by atoms with van der Waals surface area (Å²) in [6.45, 7) is 5.27. The zero-order valence-electron chi connectivity index (χ0n) is 9.25. The summed E-state index contributed by atoms with van der Waals surface area (Å²) < 4.78 is 14.0. The van der Waals surface area contributed by atoms with Crippen LogP contribution in [0, 0.1) is 5.82 Å². The maximum Gasteiger partial charge on any atom is 0.137 e. The zero-order chi connectivity index (χ0) is 11.5. The molecule has 1 unspecified atom stereocenters. The first-order valence-corrected chi connectivity index (χ1v) is 7.28. The molecule has 1 aromatic carbocycles. The van der Waals surface area contributed by atoms with Crippen molar-refractivity contribution < 1.29 is 4.39 Å². The van der Waals surface area contributed by atoms with E-state index in [2.05, 4.69) is 27.8 Å². The Morgan fingerprint density at radius 2 is 2.38 bits per heavy atom. The van der Waals surface area contributed by atoms with Gasteiger partial charge >= 0.3 is 0 Å². The summed E-state index contributed by atoms with van der Waals surface area (Å²) in [5.74, 6) is 1.01. The highest BCUT2D eigenvalue weighted by Gasteiger charge is 2.17. The van der Waals surface area contributed by atoms with Crippen LogP contribution in [0.1, 0.15) is 12.5 Å². The number of nitrogens with zero attached hydrogens (tertiary/aromatic N) is 1. The van der Waals surface area contributed by atoms with Gasteiger partial charge in [0.1, 0.15) is 5.82 Å². The lowest BCUT2D eigenvalue weighted by molar-refractivity contribution is 0.277. The standard InChI is InChI=1S/C12H15BrFNS/c1-9-7-15(5-6-16-9)8-10-3-2-4-11(14)12(10)13/h2-4,9H,5-8H2,1H3. The molecule has 0 spiro atoms. The molecule has 1 aliphatic rings. The van der Waals surface area contributed by atoms with Gasteiger partial charge in [-0.05, 0) is 27.6 Å². The average molecular weight is 304 g/mol. The summed E-state index contributed by atoms with van der Waals surface area (Å²) in [6, 6.07) is 5.25. The van der Waals surface area contributed by atoms with Gasteiger partial charge in [0, 0.05) is 30.6 Å². The fourth-order valence-electron chi connectivity index (χ4n) is 1.95. The number of hydrogen-bond acceptors (Lipinski definition) is 2. The second-order valence-corrected chi connectivity index (χ2v) is 6.47. The molecule has 1 saturated heterocycles. The van der Waals surface area contributed by atoms with Gasteiger partial charge in [-0.15, -0.1) is 0 Å². The van der Waals surface area contributed by atoms with Gasteiger partial charge < -0.3 is 0 Å². The monoisotopic (exact) mass is 303 g/mol. The van der Waals surface area contributed by atoms with Crippen LogP contribution in [0.2, 0.25) is 0 Å². The van der Waals surface area contributed by atoms with Crippen LogP contribution in [-0.4, -0.2) is 29.0 Å². The van der Waals surface area contributed by atoms with Gasteiger partial charge in [-0.1, -0.05) is 19.1 Å². The van der Waals surface area contributed by atoms with E-state index in [0.29, 0.717) is 9.72 Å². The summed E-state index contributed by atoms with van der Waals surface area (Å²) in [6.07, 6.45) is 0. The molecule has 0 N–H and O–H groups in total. The van der Waals surface area contributed by atoms with Crippen molar-refractivity contribution in [2.75, 3.05) is 18.8 Å². The summed E-state index contributed by atoms with van der Waals surface area (Å²) in [5, 5.41) is 0.682. The maximum absolute atomic E-state index is 13.3. The number of hydrogen-bond donors (Lipinski definition) is 0. The lowest BCUT2D eigenvalue weighted by Crippen LogP contribution is -2.36. The van der Waals surface area contributed by atoms with Crippen LogP contribution < -0.4 is 0 Å². The van der Waals surface area contributed by atoms with Gasteiger partial charge in [-0.3, -0.25) is 4.90 Å². The Kier molecular flexibility index (Phi) is 4.27. The fourth-order valence-corrected chi connectivity index (χ4v) is 3.42. The molecule has 0 aliphatic carbocycles. The Morgan fingerprint density at radius 3 is 3.12 bits per heavy atom. The number of benzene rings is 1. The molecule has 0 aromatic heterocycles. The van der Waals surface area contributed by atoms with Crippen molar-refractivity contribution in [3.63, 3.8) is 0 Å². The molecular formula is C12H15BrFNS. The van der Waals surface area contributed by atoms with Crippen molar-refractivity contribution in [2.45, 2.75) is 18.7 Å². The van der Waals surface area contributed by atoms with Crippen molar-refractivity contribution in [2.24, 2.45) is 0 Å². The number of halogens is 2. The van der Waals surface area contributed by atoms with Crippen molar-refractivity contribution in [1.82, 2.24) is 4.90 Å². The summed E-state index contributed by atoms with van der Waals surface area (Å²) in [5.41, 5.74) is 1.04. The summed E-state index contributed by atoms with van der Waals surface area (Å²) >= 11 is 5.33. The zero-order valence-corrected chi connectivity index (χ0v) is 11.7. The Balaban J connectivity index is 2.05. The Bertz CT molecular complexity index is 372. The van der Waals surface area contributed by atoms with E-state index in [1.165, 1.54) is 11.8 Å². The largest absolute Gasteiger partial charge is 0.297 e. The van der Waals surface area contributed by atoms with Crippen LogP contribution >= 0.6 is 27.7 Å². The first-order chi connectivity index (χ1) is 7.66. The topological polar surface area (TPSA) is 3.24 Å². The van der Waals surface area contributed by atoms with Crippen LogP contribution in [0.15, 0.2) is 22.7 Å². The molecule has 88 valence electrons.